The van der Waals surface area contributed by atoms with Gasteiger partial charge < -0.3 is 10.1 Å². The average Bonchev–Trinajstić information content (AvgIpc) is 2.56. The highest BCUT2D eigenvalue weighted by Crippen LogP contribution is 2.23. The first-order valence-electron chi connectivity index (χ1n) is 7.71. The number of hydrogen-bond acceptors (Lipinski definition) is 3. The van der Waals surface area contributed by atoms with Gasteiger partial charge in [-0.3, -0.25) is 9.69 Å². The van der Waals surface area contributed by atoms with Gasteiger partial charge in [0.2, 0.25) is 5.91 Å². The van der Waals surface area contributed by atoms with Crippen LogP contribution >= 0.6 is 0 Å². The van der Waals surface area contributed by atoms with Crippen molar-refractivity contribution in [1.29, 1.82) is 0 Å². The number of methoxy groups -OCH3 is 1. The lowest BCUT2D eigenvalue weighted by Gasteiger charge is -2.24. The predicted molar refractivity (Wildman–Crippen MR) is 93.7 cm³/mol. The SMILES string of the molecule is COc1ccccc1NC(=O)C(C)N(C)Cc1ccc(C)cc1. The molecule has 122 valence electrons. The second-order valence-corrected chi connectivity index (χ2v) is 5.77. The standard InChI is InChI=1S/C19H24N2O2/c1-14-9-11-16(12-10-14)13-21(3)15(2)19(22)20-17-7-5-6-8-18(17)23-4/h5-12,15H,13H2,1-4H3,(H,20,22). The number of nitrogens with zero attached hydrogens (tertiary/aromatic N) is 1. The zero-order valence-electron chi connectivity index (χ0n) is 14.2. The van der Waals surface area contributed by atoms with E-state index < -0.39 is 0 Å². The minimum Gasteiger partial charge on any atom is -0.495 e. The predicted octanol–water partition coefficient (Wildman–Crippen LogP) is 3.46. The molecule has 1 unspecified atom stereocenters. The van der Waals surface area contributed by atoms with E-state index in [0.717, 1.165) is 6.54 Å². The van der Waals surface area contributed by atoms with E-state index in [1.807, 2.05) is 43.1 Å². The van der Waals surface area contributed by atoms with Crippen molar-refractivity contribution in [2.45, 2.75) is 26.4 Å². The largest absolute Gasteiger partial charge is 0.495 e. The van der Waals surface area contributed by atoms with E-state index in [2.05, 4.69) is 36.5 Å². The summed E-state index contributed by atoms with van der Waals surface area (Å²) in [7, 11) is 3.55. The van der Waals surface area contributed by atoms with E-state index in [1.165, 1.54) is 11.1 Å². The first-order valence-corrected chi connectivity index (χ1v) is 7.71. The molecule has 0 bridgehead atoms. The van der Waals surface area contributed by atoms with Crippen molar-refractivity contribution < 1.29 is 9.53 Å². The smallest absolute Gasteiger partial charge is 0.241 e. The second-order valence-electron chi connectivity index (χ2n) is 5.77. The van der Waals surface area contributed by atoms with Crippen molar-refractivity contribution in [3.05, 3.63) is 59.7 Å². The van der Waals surface area contributed by atoms with Gasteiger partial charge in [-0.05, 0) is 38.6 Å². The zero-order chi connectivity index (χ0) is 16.8. The maximum Gasteiger partial charge on any atom is 0.241 e. The molecule has 0 aromatic heterocycles. The number of nitrogens with one attached hydrogen (secondary N) is 1. The molecule has 0 aliphatic carbocycles. The fourth-order valence-electron chi connectivity index (χ4n) is 2.30. The molecular formula is C19H24N2O2. The number of aryl methyl sites for hydroxylation is 1. The minimum atomic E-state index is -0.249. The van der Waals surface area contributed by atoms with Crippen LogP contribution in [0, 0.1) is 6.92 Å². The van der Waals surface area contributed by atoms with Gasteiger partial charge in [0.25, 0.3) is 0 Å². The summed E-state index contributed by atoms with van der Waals surface area (Å²) >= 11 is 0. The third-order valence-corrected chi connectivity index (χ3v) is 3.96. The van der Waals surface area contributed by atoms with Crippen LogP contribution in [-0.2, 0) is 11.3 Å². The molecule has 1 amide bonds. The van der Waals surface area contributed by atoms with Gasteiger partial charge in [-0.25, -0.2) is 0 Å². The molecule has 0 heterocycles. The number of carbonyl (C=O) groups is 1. The van der Waals surface area contributed by atoms with Crippen molar-refractivity contribution in [1.82, 2.24) is 4.90 Å². The Bertz CT molecular complexity index is 653. The molecule has 2 aromatic carbocycles. The van der Waals surface area contributed by atoms with Crippen LogP contribution in [0.2, 0.25) is 0 Å². The molecule has 0 radical (unpaired) electrons. The number of ether oxygens (including phenoxy) is 1. The summed E-state index contributed by atoms with van der Waals surface area (Å²) in [5.74, 6) is 0.610. The van der Waals surface area contributed by atoms with Gasteiger partial charge in [-0.2, -0.15) is 0 Å². The third-order valence-electron chi connectivity index (χ3n) is 3.96. The number of rotatable bonds is 6. The maximum atomic E-state index is 12.5. The Kier molecular flexibility index (Phi) is 5.77. The van der Waals surface area contributed by atoms with Crippen molar-refractivity contribution >= 4 is 11.6 Å². The molecule has 4 heteroatoms. The lowest BCUT2D eigenvalue weighted by molar-refractivity contribution is -0.120. The van der Waals surface area contributed by atoms with Gasteiger partial charge in [0, 0.05) is 6.54 Å². The Morgan fingerprint density at radius 1 is 1.17 bits per heavy atom. The monoisotopic (exact) mass is 312 g/mol. The van der Waals surface area contributed by atoms with Gasteiger partial charge in [0.1, 0.15) is 5.75 Å². The molecule has 23 heavy (non-hydrogen) atoms. The Morgan fingerprint density at radius 2 is 1.83 bits per heavy atom. The Hall–Kier alpha value is -2.33. The fraction of sp³-hybridized carbons (Fsp3) is 0.316. The van der Waals surface area contributed by atoms with Gasteiger partial charge in [0.15, 0.2) is 0 Å². The van der Waals surface area contributed by atoms with E-state index in [0.29, 0.717) is 11.4 Å². The molecule has 0 aliphatic heterocycles. The fourth-order valence-corrected chi connectivity index (χ4v) is 2.30. The molecule has 0 spiro atoms. The van der Waals surface area contributed by atoms with E-state index in [1.54, 1.807) is 7.11 Å². The van der Waals surface area contributed by atoms with E-state index in [-0.39, 0.29) is 11.9 Å². The lowest BCUT2D eigenvalue weighted by atomic mass is 10.1. The Balaban J connectivity index is 1.99. The van der Waals surface area contributed by atoms with Gasteiger partial charge >= 0.3 is 0 Å². The molecule has 2 aromatic rings. The van der Waals surface area contributed by atoms with Crippen LogP contribution in [0.25, 0.3) is 0 Å². The van der Waals surface area contributed by atoms with Crippen LogP contribution in [0.15, 0.2) is 48.5 Å². The highest BCUT2D eigenvalue weighted by atomic mass is 16.5. The summed E-state index contributed by atoms with van der Waals surface area (Å²) in [5, 5.41) is 2.93. The molecule has 0 saturated carbocycles. The van der Waals surface area contributed by atoms with Crippen molar-refractivity contribution in [2.75, 3.05) is 19.5 Å². The molecule has 0 saturated heterocycles. The molecule has 1 atom stereocenters. The van der Waals surface area contributed by atoms with Crippen LogP contribution in [-0.4, -0.2) is 31.0 Å². The average molecular weight is 312 g/mol. The number of amides is 1. The van der Waals surface area contributed by atoms with Gasteiger partial charge in [0.05, 0.1) is 18.8 Å². The lowest BCUT2D eigenvalue weighted by Crippen LogP contribution is -2.39. The maximum absolute atomic E-state index is 12.5. The number of anilines is 1. The first kappa shape index (κ1) is 17.0. The number of para-hydroxylation sites is 2. The molecule has 2 rings (SSSR count). The minimum absolute atomic E-state index is 0.0517. The highest BCUT2D eigenvalue weighted by molar-refractivity contribution is 5.95. The van der Waals surface area contributed by atoms with Crippen LogP contribution in [0.4, 0.5) is 5.69 Å². The van der Waals surface area contributed by atoms with E-state index in [9.17, 15) is 4.79 Å². The normalized spacial score (nSPS) is 12.0. The third kappa shape index (κ3) is 4.57. The van der Waals surface area contributed by atoms with Gasteiger partial charge in [-0.15, -0.1) is 0 Å². The Labute approximate surface area is 138 Å². The highest BCUT2D eigenvalue weighted by Gasteiger charge is 2.19. The number of likely N-dealkylation sites (N-methyl/N-ethyl adjacent to an activating group) is 1. The van der Waals surface area contributed by atoms with Gasteiger partial charge in [-0.1, -0.05) is 42.0 Å². The topological polar surface area (TPSA) is 41.6 Å². The molecular weight excluding hydrogens is 288 g/mol. The quantitative estimate of drug-likeness (QED) is 0.888. The molecule has 0 aliphatic rings. The van der Waals surface area contributed by atoms with Crippen molar-refractivity contribution in [2.24, 2.45) is 0 Å². The second kappa shape index (κ2) is 7.79. The molecule has 0 fully saturated rings. The van der Waals surface area contributed by atoms with Crippen LogP contribution in [0.3, 0.4) is 0 Å². The molecule has 1 N–H and O–H groups in total. The van der Waals surface area contributed by atoms with E-state index >= 15 is 0 Å². The zero-order valence-corrected chi connectivity index (χ0v) is 14.2. The summed E-state index contributed by atoms with van der Waals surface area (Å²) in [6.45, 7) is 4.69. The van der Waals surface area contributed by atoms with Crippen LogP contribution in [0.5, 0.6) is 5.75 Å². The first-order chi connectivity index (χ1) is 11.0. The number of carbonyl (C=O) groups excluding carboxylic acids is 1. The Morgan fingerprint density at radius 3 is 2.48 bits per heavy atom. The molecule has 4 nitrogen and oxygen atoms in total. The van der Waals surface area contributed by atoms with Crippen LogP contribution in [0.1, 0.15) is 18.1 Å². The summed E-state index contributed by atoms with van der Waals surface area (Å²) in [6, 6.07) is 15.5. The summed E-state index contributed by atoms with van der Waals surface area (Å²) < 4.78 is 5.26. The number of hydrogen-bond donors (Lipinski definition) is 1. The van der Waals surface area contributed by atoms with Crippen LogP contribution < -0.4 is 10.1 Å². The van der Waals surface area contributed by atoms with Crippen molar-refractivity contribution in [3.8, 4) is 5.75 Å². The van der Waals surface area contributed by atoms with E-state index in [4.69, 9.17) is 4.74 Å². The number of benzene rings is 2. The summed E-state index contributed by atoms with van der Waals surface area (Å²) in [6.07, 6.45) is 0. The summed E-state index contributed by atoms with van der Waals surface area (Å²) in [5.41, 5.74) is 3.11. The summed E-state index contributed by atoms with van der Waals surface area (Å²) in [4.78, 5) is 14.5. The van der Waals surface area contributed by atoms with Crippen molar-refractivity contribution in [3.63, 3.8) is 0 Å².